The fourth-order valence-corrected chi connectivity index (χ4v) is 1.38. The number of carbonyl (C=O) groups excluding carboxylic acids is 1. The second-order valence-corrected chi connectivity index (χ2v) is 4.23. The lowest BCUT2D eigenvalue weighted by molar-refractivity contribution is -0.128. The molecule has 0 fully saturated rings. The predicted octanol–water partition coefficient (Wildman–Crippen LogP) is 1.67. The summed E-state index contributed by atoms with van der Waals surface area (Å²) in [6.45, 7) is 4.01. The largest absolute Gasteiger partial charge is 0.381 e. The highest BCUT2D eigenvalue weighted by atomic mass is 16.2. The molecule has 0 spiro atoms. The van der Waals surface area contributed by atoms with Crippen molar-refractivity contribution in [3.8, 4) is 0 Å². The summed E-state index contributed by atoms with van der Waals surface area (Å²) in [7, 11) is 3.54. The van der Waals surface area contributed by atoms with E-state index in [1.165, 1.54) is 0 Å². The van der Waals surface area contributed by atoms with Crippen molar-refractivity contribution in [2.24, 2.45) is 0 Å². The lowest BCUT2D eigenvalue weighted by Crippen LogP contribution is -2.28. The van der Waals surface area contributed by atoms with Crippen molar-refractivity contribution in [1.82, 2.24) is 9.88 Å². The molecule has 4 nitrogen and oxygen atoms in total. The number of pyridine rings is 1. The fraction of sp³-hybridized carbons (Fsp3) is 0.500. The van der Waals surface area contributed by atoms with E-state index >= 15 is 0 Å². The average molecular weight is 221 g/mol. The average Bonchev–Trinajstić information content (AvgIpc) is 2.21. The van der Waals surface area contributed by atoms with Gasteiger partial charge < -0.3 is 10.2 Å². The maximum Gasteiger partial charge on any atom is 0.224 e. The minimum Gasteiger partial charge on any atom is -0.381 e. The van der Waals surface area contributed by atoms with Gasteiger partial charge in [-0.05, 0) is 25.5 Å². The molecule has 0 bridgehead atoms. The summed E-state index contributed by atoms with van der Waals surface area (Å²) in [6.07, 6.45) is 4.03. The van der Waals surface area contributed by atoms with Gasteiger partial charge in [0.2, 0.25) is 5.91 Å². The van der Waals surface area contributed by atoms with E-state index in [1.807, 2.05) is 19.9 Å². The number of amides is 1. The Bertz CT molecular complexity index is 363. The topological polar surface area (TPSA) is 45.2 Å². The molecule has 0 aliphatic carbocycles. The summed E-state index contributed by atoms with van der Waals surface area (Å²) < 4.78 is 0. The standard InChI is InChI=1S/C12H19N3O/c1-9-5-6-13-8-11(9)14-10(2)7-12(16)15(3)4/h5-6,8,10,14H,7H2,1-4H3. The molecule has 0 aliphatic rings. The molecule has 1 rings (SSSR count). The summed E-state index contributed by atoms with van der Waals surface area (Å²) in [5.41, 5.74) is 2.13. The van der Waals surface area contributed by atoms with Crippen LogP contribution in [0.25, 0.3) is 0 Å². The minimum atomic E-state index is 0.109. The molecular formula is C12H19N3O. The number of nitrogens with zero attached hydrogens (tertiary/aromatic N) is 2. The van der Waals surface area contributed by atoms with Gasteiger partial charge in [0.15, 0.2) is 0 Å². The van der Waals surface area contributed by atoms with E-state index < -0.39 is 0 Å². The molecule has 1 atom stereocenters. The molecular weight excluding hydrogens is 202 g/mol. The van der Waals surface area contributed by atoms with Crippen LogP contribution in [-0.2, 0) is 4.79 Å². The van der Waals surface area contributed by atoms with E-state index in [2.05, 4.69) is 10.3 Å². The van der Waals surface area contributed by atoms with Crippen LogP contribution in [0.3, 0.4) is 0 Å². The summed E-state index contributed by atoms with van der Waals surface area (Å²) in [4.78, 5) is 17.2. The van der Waals surface area contributed by atoms with Crippen molar-refractivity contribution in [3.05, 3.63) is 24.0 Å². The first-order valence-electron chi connectivity index (χ1n) is 5.38. The molecule has 1 aromatic heterocycles. The number of aryl methyl sites for hydroxylation is 1. The third-order valence-electron chi connectivity index (χ3n) is 2.42. The molecule has 0 aliphatic heterocycles. The SMILES string of the molecule is Cc1ccncc1NC(C)CC(=O)N(C)C. The number of hydrogen-bond donors (Lipinski definition) is 1. The van der Waals surface area contributed by atoms with Crippen molar-refractivity contribution in [3.63, 3.8) is 0 Å². The van der Waals surface area contributed by atoms with Crippen LogP contribution in [0.1, 0.15) is 18.9 Å². The van der Waals surface area contributed by atoms with Crippen LogP contribution in [0.15, 0.2) is 18.5 Å². The Hall–Kier alpha value is -1.58. The highest BCUT2D eigenvalue weighted by Crippen LogP contribution is 2.13. The van der Waals surface area contributed by atoms with Crippen molar-refractivity contribution < 1.29 is 4.79 Å². The molecule has 0 saturated heterocycles. The first kappa shape index (κ1) is 12.5. The van der Waals surface area contributed by atoms with E-state index in [9.17, 15) is 4.79 Å². The van der Waals surface area contributed by atoms with E-state index in [0.717, 1.165) is 11.3 Å². The fourth-order valence-electron chi connectivity index (χ4n) is 1.38. The highest BCUT2D eigenvalue weighted by Gasteiger charge is 2.11. The summed E-state index contributed by atoms with van der Waals surface area (Å²) in [5, 5.41) is 3.29. The third kappa shape index (κ3) is 3.53. The molecule has 88 valence electrons. The van der Waals surface area contributed by atoms with E-state index in [1.54, 1.807) is 31.4 Å². The van der Waals surface area contributed by atoms with Crippen LogP contribution in [0, 0.1) is 6.92 Å². The minimum absolute atomic E-state index is 0.109. The Labute approximate surface area is 96.7 Å². The lowest BCUT2D eigenvalue weighted by Gasteiger charge is -2.18. The number of hydrogen-bond acceptors (Lipinski definition) is 3. The van der Waals surface area contributed by atoms with Gasteiger partial charge in [0.1, 0.15) is 0 Å². The maximum atomic E-state index is 11.5. The molecule has 1 heterocycles. The highest BCUT2D eigenvalue weighted by molar-refractivity contribution is 5.76. The second kappa shape index (κ2) is 5.49. The Kier molecular flexibility index (Phi) is 4.28. The smallest absolute Gasteiger partial charge is 0.224 e. The second-order valence-electron chi connectivity index (χ2n) is 4.23. The van der Waals surface area contributed by atoms with Gasteiger partial charge in [-0.2, -0.15) is 0 Å². The summed E-state index contributed by atoms with van der Waals surface area (Å²) in [6, 6.07) is 2.06. The summed E-state index contributed by atoms with van der Waals surface area (Å²) in [5.74, 6) is 0.126. The lowest BCUT2D eigenvalue weighted by atomic mass is 10.2. The van der Waals surface area contributed by atoms with Crippen LogP contribution in [0.4, 0.5) is 5.69 Å². The Morgan fingerprint density at radius 1 is 1.56 bits per heavy atom. The normalized spacial score (nSPS) is 12.0. The maximum absolute atomic E-state index is 11.5. The van der Waals surface area contributed by atoms with Gasteiger partial charge in [0.05, 0.1) is 11.9 Å². The molecule has 4 heteroatoms. The number of anilines is 1. The predicted molar refractivity (Wildman–Crippen MR) is 65.4 cm³/mol. The van der Waals surface area contributed by atoms with Gasteiger partial charge in [-0.1, -0.05) is 0 Å². The monoisotopic (exact) mass is 221 g/mol. The van der Waals surface area contributed by atoms with Crippen LogP contribution in [-0.4, -0.2) is 35.9 Å². The zero-order valence-corrected chi connectivity index (χ0v) is 10.3. The van der Waals surface area contributed by atoms with Crippen LogP contribution in [0.5, 0.6) is 0 Å². The van der Waals surface area contributed by atoms with Gasteiger partial charge in [0, 0.05) is 32.8 Å². The zero-order chi connectivity index (χ0) is 12.1. The number of carbonyl (C=O) groups is 1. The summed E-state index contributed by atoms with van der Waals surface area (Å²) >= 11 is 0. The van der Waals surface area contributed by atoms with Gasteiger partial charge in [-0.25, -0.2) is 0 Å². The first-order valence-corrected chi connectivity index (χ1v) is 5.38. The van der Waals surface area contributed by atoms with Gasteiger partial charge in [-0.3, -0.25) is 9.78 Å². The molecule has 1 unspecified atom stereocenters. The van der Waals surface area contributed by atoms with Crippen molar-refractivity contribution in [2.45, 2.75) is 26.3 Å². The van der Waals surface area contributed by atoms with Crippen LogP contribution < -0.4 is 5.32 Å². The number of aromatic nitrogens is 1. The zero-order valence-electron chi connectivity index (χ0n) is 10.3. The van der Waals surface area contributed by atoms with Crippen molar-refractivity contribution in [2.75, 3.05) is 19.4 Å². The molecule has 1 amide bonds. The number of nitrogens with one attached hydrogen (secondary N) is 1. The molecule has 1 aromatic rings. The molecule has 1 N–H and O–H groups in total. The van der Waals surface area contributed by atoms with E-state index in [0.29, 0.717) is 6.42 Å². The molecule has 0 radical (unpaired) electrons. The van der Waals surface area contributed by atoms with Crippen molar-refractivity contribution in [1.29, 1.82) is 0 Å². The molecule has 16 heavy (non-hydrogen) atoms. The van der Waals surface area contributed by atoms with Crippen LogP contribution >= 0.6 is 0 Å². The Morgan fingerprint density at radius 3 is 2.81 bits per heavy atom. The first-order chi connectivity index (χ1) is 7.50. The van der Waals surface area contributed by atoms with E-state index in [-0.39, 0.29) is 11.9 Å². The Morgan fingerprint density at radius 2 is 2.25 bits per heavy atom. The van der Waals surface area contributed by atoms with Crippen molar-refractivity contribution >= 4 is 11.6 Å². The van der Waals surface area contributed by atoms with Gasteiger partial charge in [0.25, 0.3) is 0 Å². The van der Waals surface area contributed by atoms with Crippen LogP contribution in [0.2, 0.25) is 0 Å². The Balaban J connectivity index is 2.55. The molecule has 0 saturated carbocycles. The third-order valence-corrected chi connectivity index (χ3v) is 2.42. The van der Waals surface area contributed by atoms with Gasteiger partial charge >= 0.3 is 0 Å². The van der Waals surface area contributed by atoms with E-state index in [4.69, 9.17) is 0 Å². The number of rotatable bonds is 4. The van der Waals surface area contributed by atoms with Gasteiger partial charge in [-0.15, -0.1) is 0 Å². The quantitative estimate of drug-likeness (QED) is 0.841. The molecule has 0 aromatic carbocycles.